The molecule has 1 aliphatic carbocycles. The molecule has 6 heteroatoms. The van der Waals surface area contributed by atoms with Crippen molar-refractivity contribution in [1.82, 2.24) is 9.78 Å². The van der Waals surface area contributed by atoms with Crippen molar-refractivity contribution in [2.45, 2.75) is 31.5 Å². The van der Waals surface area contributed by atoms with Crippen LogP contribution in [0, 0.1) is 0 Å². The van der Waals surface area contributed by atoms with Crippen LogP contribution in [0.25, 0.3) is 5.69 Å². The fourth-order valence-corrected chi connectivity index (χ4v) is 2.22. The van der Waals surface area contributed by atoms with Crippen LogP contribution in [0.2, 0.25) is 0 Å². The summed E-state index contributed by atoms with van der Waals surface area (Å²) in [5.74, 6) is 0.507. The standard InChI is InChI=1S/C14H14F3N3/c15-14(16,17)11-3-4-13(10(7-11)8-18)20-6-5-12(19-20)9-1-2-9/h3-7,9H,1-2,8,18H2. The minimum atomic E-state index is -4.36. The Morgan fingerprint density at radius 2 is 2.00 bits per heavy atom. The van der Waals surface area contributed by atoms with E-state index in [4.69, 9.17) is 5.73 Å². The first-order valence-corrected chi connectivity index (χ1v) is 6.45. The van der Waals surface area contributed by atoms with Crippen LogP contribution in [0.5, 0.6) is 0 Å². The second kappa shape index (κ2) is 4.63. The number of nitrogens with two attached hydrogens (primary N) is 1. The summed E-state index contributed by atoms with van der Waals surface area (Å²) >= 11 is 0. The summed E-state index contributed by atoms with van der Waals surface area (Å²) in [6.07, 6.45) is -0.317. The lowest BCUT2D eigenvalue weighted by Crippen LogP contribution is -2.10. The molecule has 20 heavy (non-hydrogen) atoms. The first-order chi connectivity index (χ1) is 9.49. The molecule has 1 aromatic heterocycles. The van der Waals surface area contributed by atoms with E-state index in [0.717, 1.165) is 30.7 Å². The summed E-state index contributed by atoms with van der Waals surface area (Å²) in [6, 6.07) is 5.49. The van der Waals surface area contributed by atoms with E-state index in [-0.39, 0.29) is 6.54 Å². The van der Waals surface area contributed by atoms with Gasteiger partial charge in [0.2, 0.25) is 0 Å². The first-order valence-electron chi connectivity index (χ1n) is 6.45. The van der Waals surface area contributed by atoms with Gasteiger partial charge >= 0.3 is 6.18 Å². The molecule has 0 aliphatic heterocycles. The zero-order chi connectivity index (χ0) is 14.3. The van der Waals surface area contributed by atoms with Gasteiger partial charge in [0, 0.05) is 18.7 Å². The molecule has 1 fully saturated rings. The van der Waals surface area contributed by atoms with E-state index in [1.165, 1.54) is 6.07 Å². The van der Waals surface area contributed by atoms with Crippen molar-refractivity contribution in [2.24, 2.45) is 5.73 Å². The number of hydrogen-bond acceptors (Lipinski definition) is 2. The van der Waals surface area contributed by atoms with Crippen LogP contribution in [0.1, 0.15) is 35.6 Å². The number of halogens is 3. The molecule has 3 rings (SSSR count). The minimum Gasteiger partial charge on any atom is -0.326 e. The molecule has 1 aromatic carbocycles. The minimum absolute atomic E-state index is 0.0396. The highest BCUT2D eigenvalue weighted by Gasteiger charge is 2.31. The smallest absolute Gasteiger partial charge is 0.326 e. The molecule has 106 valence electrons. The Balaban J connectivity index is 1.99. The van der Waals surface area contributed by atoms with Gasteiger partial charge < -0.3 is 5.73 Å². The van der Waals surface area contributed by atoms with Gasteiger partial charge in [0.15, 0.2) is 0 Å². The molecule has 0 atom stereocenters. The third-order valence-corrected chi connectivity index (χ3v) is 3.48. The van der Waals surface area contributed by atoms with Gasteiger partial charge in [-0.25, -0.2) is 4.68 Å². The quantitative estimate of drug-likeness (QED) is 0.938. The van der Waals surface area contributed by atoms with Gasteiger partial charge in [-0.05, 0) is 42.7 Å². The largest absolute Gasteiger partial charge is 0.416 e. The molecular formula is C14H14F3N3. The molecule has 0 spiro atoms. The van der Waals surface area contributed by atoms with Gasteiger partial charge in [0.05, 0.1) is 16.9 Å². The predicted octanol–water partition coefficient (Wildman–Crippen LogP) is 3.23. The van der Waals surface area contributed by atoms with E-state index in [9.17, 15) is 13.2 Å². The summed E-state index contributed by atoms with van der Waals surface area (Å²) in [5.41, 5.74) is 6.92. The van der Waals surface area contributed by atoms with E-state index in [2.05, 4.69) is 5.10 Å². The maximum atomic E-state index is 12.7. The Morgan fingerprint density at radius 3 is 2.60 bits per heavy atom. The molecule has 0 amide bonds. The summed E-state index contributed by atoms with van der Waals surface area (Å²) in [4.78, 5) is 0. The van der Waals surface area contributed by atoms with Crippen LogP contribution < -0.4 is 5.73 Å². The second-order valence-electron chi connectivity index (χ2n) is 5.00. The number of rotatable bonds is 3. The molecule has 0 saturated heterocycles. The third kappa shape index (κ3) is 2.43. The molecule has 0 radical (unpaired) electrons. The number of aromatic nitrogens is 2. The van der Waals surface area contributed by atoms with Gasteiger partial charge in [-0.15, -0.1) is 0 Å². The lowest BCUT2D eigenvalue weighted by Gasteiger charge is -2.12. The van der Waals surface area contributed by atoms with Crippen molar-refractivity contribution in [3.05, 3.63) is 47.3 Å². The van der Waals surface area contributed by atoms with Crippen LogP contribution in [0.15, 0.2) is 30.5 Å². The highest BCUT2D eigenvalue weighted by atomic mass is 19.4. The van der Waals surface area contributed by atoms with E-state index in [1.54, 1.807) is 10.9 Å². The van der Waals surface area contributed by atoms with Gasteiger partial charge in [0.1, 0.15) is 0 Å². The monoisotopic (exact) mass is 281 g/mol. The normalized spacial score (nSPS) is 15.6. The van der Waals surface area contributed by atoms with Crippen LogP contribution >= 0.6 is 0 Å². The molecule has 1 heterocycles. The third-order valence-electron chi connectivity index (χ3n) is 3.48. The second-order valence-corrected chi connectivity index (χ2v) is 5.00. The molecule has 0 bridgehead atoms. The zero-order valence-electron chi connectivity index (χ0n) is 10.7. The number of alkyl halides is 3. The molecule has 0 unspecified atom stereocenters. The summed E-state index contributed by atoms with van der Waals surface area (Å²) in [7, 11) is 0. The molecule has 3 nitrogen and oxygen atoms in total. The maximum absolute atomic E-state index is 12.7. The maximum Gasteiger partial charge on any atom is 0.416 e. The lowest BCUT2D eigenvalue weighted by molar-refractivity contribution is -0.137. The SMILES string of the molecule is NCc1cc(C(F)(F)F)ccc1-n1ccc(C2CC2)n1. The summed E-state index contributed by atoms with van der Waals surface area (Å²) in [5, 5.41) is 4.42. The van der Waals surface area contributed by atoms with Crippen molar-refractivity contribution in [3.8, 4) is 5.69 Å². The number of benzene rings is 1. The topological polar surface area (TPSA) is 43.8 Å². The highest BCUT2D eigenvalue weighted by Crippen LogP contribution is 2.39. The van der Waals surface area contributed by atoms with Crippen molar-refractivity contribution >= 4 is 0 Å². The predicted molar refractivity (Wildman–Crippen MR) is 68.4 cm³/mol. The van der Waals surface area contributed by atoms with Gasteiger partial charge in [-0.1, -0.05) is 0 Å². The highest BCUT2D eigenvalue weighted by molar-refractivity contribution is 5.44. The van der Waals surface area contributed by atoms with Crippen LogP contribution in [-0.4, -0.2) is 9.78 Å². The Labute approximate surface area is 114 Å². The van der Waals surface area contributed by atoms with Gasteiger partial charge in [0.25, 0.3) is 0 Å². The summed E-state index contributed by atoms with van der Waals surface area (Å²) < 4.78 is 39.7. The van der Waals surface area contributed by atoms with Crippen molar-refractivity contribution < 1.29 is 13.2 Å². The molecule has 1 saturated carbocycles. The van der Waals surface area contributed by atoms with Crippen molar-refractivity contribution in [1.29, 1.82) is 0 Å². The molecule has 2 N–H and O–H groups in total. The average molecular weight is 281 g/mol. The Hall–Kier alpha value is -1.82. The van der Waals surface area contributed by atoms with E-state index >= 15 is 0 Å². The van der Waals surface area contributed by atoms with E-state index < -0.39 is 11.7 Å². The van der Waals surface area contributed by atoms with E-state index in [0.29, 0.717) is 17.2 Å². The summed E-state index contributed by atoms with van der Waals surface area (Å²) in [6.45, 7) is 0.0396. The first kappa shape index (κ1) is 13.2. The molecular weight excluding hydrogens is 267 g/mol. The fraction of sp³-hybridized carbons (Fsp3) is 0.357. The Kier molecular flexibility index (Phi) is 3.05. The number of hydrogen-bond donors (Lipinski definition) is 1. The zero-order valence-corrected chi connectivity index (χ0v) is 10.7. The van der Waals surface area contributed by atoms with Crippen LogP contribution in [0.3, 0.4) is 0 Å². The lowest BCUT2D eigenvalue weighted by atomic mass is 10.1. The van der Waals surface area contributed by atoms with Crippen molar-refractivity contribution in [2.75, 3.05) is 0 Å². The van der Waals surface area contributed by atoms with Gasteiger partial charge in [-0.3, -0.25) is 0 Å². The van der Waals surface area contributed by atoms with E-state index in [1.807, 2.05) is 6.07 Å². The Morgan fingerprint density at radius 1 is 1.25 bits per heavy atom. The van der Waals surface area contributed by atoms with Crippen molar-refractivity contribution in [3.63, 3.8) is 0 Å². The average Bonchev–Trinajstić information content (AvgIpc) is 3.15. The Bertz CT molecular complexity index is 627. The van der Waals surface area contributed by atoms with Gasteiger partial charge in [-0.2, -0.15) is 18.3 Å². The van der Waals surface area contributed by atoms with Crippen LogP contribution in [-0.2, 0) is 12.7 Å². The fourth-order valence-electron chi connectivity index (χ4n) is 2.22. The molecule has 1 aliphatic rings. The van der Waals surface area contributed by atoms with Crippen LogP contribution in [0.4, 0.5) is 13.2 Å². The molecule has 2 aromatic rings. The number of nitrogens with zero attached hydrogens (tertiary/aromatic N) is 2.